The van der Waals surface area contributed by atoms with Gasteiger partial charge in [0, 0.05) is 19.1 Å². The summed E-state index contributed by atoms with van der Waals surface area (Å²) in [4.78, 5) is 2.06. The lowest BCUT2D eigenvalue weighted by Crippen LogP contribution is -2.54. The van der Waals surface area contributed by atoms with E-state index in [9.17, 15) is 0 Å². The Bertz CT molecular complexity index is 356. The lowest BCUT2D eigenvalue weighted by Gasteiger charge is -2.30. The summed E-state index contributed by atoms with van der Waals surface area (Å²) in [6, 6.07) is 0.326. The summed E-state index contributed by atoms with van der Waals surface area (Å²) in [5, 5.41) is 4.48. The van der Waals surface area contributed by atoms with Crippen LogP contribution in [0.3, 0.4) is 0 Å². The van der Waals surface area contributed by atoms with E-state index in [0.717, 1.165) is 39.1 Å². The number of hydrazine groups is 1. The molecule has 0 aromatic rings. The molecule has 2 rings (SSSR count). The summed E-state index contributed by atoms with van der Waals surface area (Å²) in [5.74, 6) is 0. The molecule has 106 valence electrons. The fraction of sp³-hybridized carbons (Fsp3) is 0.667. The molecule has 0 aromatic heterocycles. The maximum atomic E-state index is 5.29. The quantitative estimate of drug-likeness (QED) is 0.374. The number of nitrogens with zero attached hydrogens (tertiary/aromatic N) is 1. The van der Waals surface area contributed by atoms with Gasteiger partial charge >= 0.3 is 0 Å². The molecule has 5 nitrogen and oxygen atoms in total. The average Bonchev–Trinajstić information content (AvgIpc) is 2.47. The van der Waals surface area contributed by atoms with Crippen molar-refractivity contribution < 1.29 is 4.74 Å². The van der Waals surface area contributed by atoms with Crippen molar-refractivity contribution in [1.29, 1.82) is 0 Å². The topological polar surface area (TPSA) is 48.6 Å². The van der Waals surface area contributed by atoms with Gasteiger partial charge in [-0.3, -0.25) is 10.9 Å². The third-order valence-corrected chi connectivity index (χ3v) is 3.73. The van der Waals surface area contributed by atoms with Crippen molar-refractivity contribution >= 4 is 34.7 Å². The smallest absolute Gasteiger partial charge is 0.188 e. The summed E-state index contributed by atoms with van der Waals surface area (Å²) in [7, 11) is 0. The zero-order chi connectivity index (χ0) is 13.5. The molecule has 0 unspecified atom stereocenters. The van der Waals surface area contributed by atoms with Crippen LogP contribution in [0.5, 0.6) is 0 Å². The molecule has 1 fully saturated rings. The Kier molecular flexibility index (Phi) is 5.81. The molecule has 1 aliphatic heterocycles. The third kappa shape index (κ3) is 4.93. The van der Waals surface area contributed by atoms with E-state index in [1.54, 1.807) is 0 Å². The first kappa shape index (κ1) is 14.5. The van der Waals surface area contributed by atoms with Crippen LogP contribution in [-0.2, 0) is 4.74 Å². The predicted octanol–water partition coefficient (Wildman–Crippen LogP) is 0.681. The highest BCUT2D eigenvalue weighted by molar-refractivity contribution is 7.80. The molecular formula is C12H20N4OS2. The highest BCUT2D eigenvalue weighted by Gasteiger charge is 2.14. The van der Waals surface area contributed by atoms with Crippen LogP contribution < -0.4 is 16.2 Å². The van der Waals surface area contributed by atoms with Crippen LogP contribution in [0.2, 0.25) is 0 Å². The summed E-state index contributed by atoms with van der Waals surface area (Å²) < 4.78 is 5.28. The molecule has 19 heavy (non-hydrogen) atoms. The van der Waals surface area contributed by atoms with Gasteiger partial charge in [-0.1, -0.05) is 12.2 Å². The molecule has 0 radical (unpaired) electrons. The molecule has 0 amide bonds. The molecular weight excluding hydrogens is 280 g/mol. The first-order chi connectivity index (χ1) is 9.25. The molecule has 0 saturated carbocycles. The predicted molar refractivity (Wildman–Crippen MR) is 83.8 cm³/mol. The molecule has 2 aliphatic rings. The van der Waals surface area contributed by atoms with Crippen molar-refractivity contribution in [3.63, 3.8) is 0 Å². The van der Waals surface area contributed by atoms with E-state index in [0.29, 0.717) is 16.3 Å². The van der Waals surface area contributed by atoms with Crippen molar-refractivity contribution in [3.05, 3.63) is 12.2 Å². The van der Waals surface area contributed by atoms with Gasteiger partial charge in [-0.05, 0) is 43.7 Å². The Morgan fingerprint density at radius 3 is 2.68 bits per heavy atom. The molecule has 1 saturated heterocycles. The zero-order valence-corrected chi connectivity index (χ0v) is 12.5. The Hall–Kier alpha value is -0.920. The average molecular weight is 300 g/mol. The largest absolute Gasteiger partial charge is 0.378 e. The monoisotopic (exact) mass is 300 g/mol. The van der Waals surface area contributed by atoms with Crippen LogP contribution in [-0.4, -0.2) is 47.5 Å². The van der Waals surface area contributed by atoms with Gasteiger partial charge in [0.05, 0.1) is 13.2 Å². The van der Waals surface area contributed by atoms with E-state index in [2.05, 4.69) is 33.2 Å². The van der Waals surface area contributed by atoms with Crippen molar-refractivity contribution in [1.82, 2.24) is 21.1 Å². The van der Waals surface area contributed by atoms with Gasteiger partial charge in [0.25, 0.3) is 0 Å². The number of morpholine rings is 1. The van der Waals surface area contributed by atoms with Gasteiger partial charge in [-0.25, -0.2) is 0 Å². The summed E-state index contributed by atoms with van der Waals surface area (Å²) in [5.41, 5.74) is 5.91. The van der Waals surface area contributed by atoms with E-state index in [-0.39, 0.29) is 0 Å². The summed E-state index contributed by atoms with van der Waals surface area (Å²) in [6.07, 6.45) is 7.84. The number of hydrogen-bond acceptors (Lipinski definition) is 3. The van der Waals surface area contributed by atoms with Crippen LogP contribution in [0, 0.1) is 0 Å². The van der Waals surface area contributed by atoms with Crippen LogP contribution in [0.15, 0.2) is 12.2 Å². The minimum atomic E-state index is 0.326. The molecule has 3 N–H and O–H groups in total. The molecule has 0 spiro atoms. The Morgan fingerprint density at radius 1 is 1.21 bits per heavy atom. The number of allylic oxidation sites excluding steroid dienone is 1. The lowest BCUT2D eigenvalue weighted by molar-refractivity contribution is 0.0675. The SMILES string of the molecule is S=C(NNC(=S)N1CCOCC1)N[C@@H]1C=CCCC1. The standard InChI is InChI=1S/C12H20N4OS2/c18-11(13-10-4-2-1-3-5-10)14-15-12(19)16-6-8-17-9-7-16/h2,4,10H,1,3,5-9H2,(H,15,19)(H2,13,14,18)/t10-/m1/s1. The minimum Gasteiger partial charge on any atom is -0.378 e. The molecule has 1 aliphatic carbocycles. The zero-order valence-electron chi connectivity index (χ0n) is 10.9. The molecule has 0 aromatic carbocycles. The number of hydrogen-bond donors (Lipinski definition) is 3. The number of ether oxygens (including phenoxy) is 1. The number of thiocarbonyl (C=S) groups is 2. The van der Waals surface area contributed by atoms with Gasteiger partial charge in [-0.2, -0.15) is 0 Å². The maximum Gasteiger partial charge on any atom is 0.188 e. The Labute approximate surface area is 124 Å². The van der Waals surface area contributed by atoms with E-state index in [4.69, 9.17) is 29.2 Å². The van der Waals surface area contributed by atoms with Crippen molar-refractivity contribution in [2.75, 3.05) is 26.3 Å². The van der Waals surface area contributed by atoms with E-state index < -0.39 is 0 Å². The first-order valence-corrected chi connectivity index (χ1v) is 7.43. The van der Waals surface area contributed by atoms with Gasteiger partial charge in [-0.15, -0.1) is 0 Å². The normalized spacial score (nSPS) is 22.7. The highest BCUT2D eigenvalue weighted by atomic mass is 32.1. The van der Waals surface area contributed by atoms with Gasteiger partial charge < -0.3 is 15.0 Å². The second-order valence-electron chi connectivity index (χ2n) is 4.59. The summed E-state index contributed by atoms with van der Waals surface area (Å²) in [6.45, 7) is 3.08. The van der Waals surface area contributed by atoms with Gasteiger partial charge in [0.2, 0.25) is 0 Å². The maximum absolute atomic E-state index is 5.29. The second kappa shape index (κ2) is 7.62. The Morgan fingerprint density at radius 2 is 2.00 bits per heavy atom. The fourth-order valence-corrected chi connectivity index (χ4v) is 2.53. The van der Waals surface area contributed by atoms with Crippen molar-refractivity contribution in [3.8, 4) is 0 Å². The number of nitrogens with one attached hydrogen (secondary N) is 3. The molecule has 1 atom stereocenters. The van der Waals surface area contributed by atoms with Crippen LogP contribution >= 0.6 is 24.4 Å². The first-order valence-electron chi connectivity index (χ1n) is 6.61. The third-order valence-electron chi connectivity index (χ3n) is 3.15. The van der Waals surface area contributed by atoms with Crippen molar-refractivity contribution in [2.45, 2.75) is 25.3 Å². The Balaban J connectivity index is 1.66. The molecule has 7 heteroatoms. The van der Waals surface area contributed by atoms with E-state index in [1.807, 2.05) is 0 Å². The van der Waals surface area contributed by atoms with Crippen LogP contribution in [0.25, 0.3) is 0 Å². The lowest BCUT2D eigenvalue weighted by atomic mass is 10.0. The molecule has 1 heterocycles. The molecule has 0 bridgehead atoms. The van der Waals surface area contributed by atoms with Crippen LogP contribution in [0.4, 0.5) is 0 Å². The van der Waals surface area contributed by atoms with E-state index >= 15 is 0 Å². The second-order valence-corrected chi connectivity index (χ2v) is 5.39. The van der Waals surface area contributed by atoms with Gasteiger partial charge in [0.1, 0.15) is 0 Å². The number of rotatable bonds is 1. The van der Waals surface area contributed by atoms with Gasteiger partial charge in [0.15, 0.2) is 10.2 Å². The minimum absolute atomic E-state index is 0.326. The fourth-order valence-electron chi connectivity index (χ4n) is 2.09. The summed E-state index contributed by atoms with van der Waals surface area (Å²) >= 11 is 10.5. The van der Waals surface area contributed by atoms with Crippen LogP contribution in [0.1, 0.15) is 19.3 Å². The van der Waals surface area contributed by atoms with E-state index in [1.165, 1.54) is 6.42 Å². The highest BCUT2D eigenvalue weighted by Crippen LogP contribution is 2.09. The van der Waals surface area contributed by atoms with Crippen molar-refractivity contribution in [2.24, 2.45) is 0 Å².